The summed E-state index contributed by atoms with van der Waals surface area (Å²) in [5.74, 6) is 0.851. The van der Waals surface area contributed by atoms with Crippen LogP contribution in [0.5, 0.6) is 0 Å². The van der Waals surface area contributed by atoms with Crippen LogP contribution in [0.15, 0.2) is 15.9 Å². The van der Waals surface area contributed by atoms with Crippen molar-refractivity contribution in [3.8, 4) is 0 Å². The van der Waals surface area contributed by atoms with Crippen LogP contribution in [0.3, 0.4) is 0 Å². The second-order valence-electron chi connectivity index (χ2n) is 4.66. The lowest BCUT2D eigenvalue weighted by Gasteiger charge is -1.95. The molecule has 1 aliphatic rings. The first-order chi connectivity index (χ1) is 9.58. The van der Waals surface area contributed by atoms with E-state index >= 15 is 0 Å². The van der Waals surface area contributed by atoms with Crippen LogP contribution < -0.4 is 11.4 Å². The lowest BCUT2D eigenvalue weighted by molar-refractivity contribution is 0.607. The van der Waals surface area contributed by atoms with Gasteiger partial charge in [-0.05, 0) is 33.6 Å². The average molecular weight is 280 g/mol. The molecular weight excluding hydrogens is 260 g/mol. The zero-order valence-corrected chi connectivity index (χ0v) is 12.0. The van der Waals surface area contributed by atoms with E-state index in [1.807, 2.05) is 25.3 Å². The van der Waals surface area contributed by atoms with Crippen molar-refractivity contribution in [2.45, 2.75) is 52.7 Å². The van der Waals surface area contributed by atoms with E-state index < -0.39 is 0 Å². The van der Waals surface area contributed by atoms with Gasteiger partial charge >= 0.3 is 11.4 Å². The van der Waals surface area contributed by atoms with Crippen LogP contribution >= 0.6 is 0 Å². The fraction of sp³-hybridized carbons (Fsp3) is 0.667. The topological polar surface area (TPSA) is 90.5 Å². The molecule has 1 N–H and O–H groups in total. The highest BCUT2D eigenvalue weighted by Gasteiger charge is 2.27. The number of hydrogen-bond acceptors (Lipinski definition) is 4. The van der Waals surface area contributed by atoms with E-state index in [-0.39, 0.29) is 11.4 Å². The molecule has 0 aliphatic heterocycles. The summed E-state index contributed by atoms with van der Waals surface area (Å²) in [4.78, 5) is 24.5. The van der Waals surface area contributed by atoms with Crippen LogP contribution in [-0.4, -0.2) is 29.1 Å². The van der Waals surface area contributed by atoms with Crippen molar-refractivity contribution in [3.05, 3.63) is 33.1 Å². The minimum Gasteiger partial charge on any atom is -0.295 e. The molecule has 20 heavy (non-hydrogen) atoms. The van der Waals surface area contributed by atoms with E-state index in [9.17, 15) is 9.59 Å². The molecule has 110 valence electrons. The maximum absolute atomic E-state index is 11.6. The number of nitrogens with zero attached hydrogens (tertiary/aromatic N) is 5. The summed E-state index contributed by atoms with van der Waals surface area (Å²) in [6, 6.07) is 0.442. The Labute approximate surface area is 116 Å². The summed E-state index contributed by atoms with van der Waals surface area (Å²) in [5, 5.41) is 7.84. The molecule has 0 aromatic carbocycles. The molecule has 0 atom stereocenters. The van der Waals surface area contributed by atoms with E-state index in [4.69, 9.17) is 0 Å². The lowest BCUT2D eigenvalue weighted by atomic mass is 10.6. The summed E-state index contributed by atoms with van der Waals surface area (Å²) in [6.45, 7) is 6.99. The Morgan fingerprint density at radius 2 is 1.90 bits per heavy atom. The van der Waals surface area contributed by atoms with Gasteiger partial charge in [0.2, 0.25) is 0 Å². The van der Waals surface area contributed by atoms with E-state index in [1.54, 1.807) is 0 Å². The Hall–Kier alpha value is -2.12. The molecule has 2 heterocycles. The maximum Gasteiger partial charge on any atom is 0.346 e. The summed E-state index contributed by atoms with van der Waals surface area (Å²) in [5.41, 5.74) is -0.0926. The molecule has 3 rings (SSSR count). The van der Waals surface area contributed by atoms with Crippen molar-refractivity contribution < 1.29 is 0 Å². The SMILES string of the molecule is CCn1nc(C)n(C2CC2)c1=O.CCn1nc[nH]c1=O. The molecule has 1 fully saturated rings. The number of aryl methyl sites for hydroxylation is 3. The Kier molecular flexibility index (Phi) is 4.21. The molecule has 0 amide bonds. The Balaban J connectivity index is 0.000000160. The van der Waals surface area contributed by atoms with E-state index in [0.29, 0.717) is 19.1 Å². The van der Waals surface area contributed by atoms with Crippen molar-refractivity contribution in [2.75, 3.05) is 0 Å². The molecule has 8 heteroatoms. The Morgan fingerprint density at radius 3 is 2.25 bits per heavy atom. The quantitative estimate of drug-likeness (QED) is 0.875. The highest BCUT2D eigenvalue weighted by atomic mass is 16.2. The first-order valence-electron chi connectivity index (χ1n) is 6.84. The molecule has 0 unspecified atom stereocenters. The van der Waals surface area contributed by atoms with Gasteiger partial charge in [-0.25, -0.2) is 19.0 Å². The second-order valence-corrected chi connectivity index (χ2v) is 4.66. The van der Waals surface area contributed by atoms with Gasteiger partial charge < -0.3 is 0 Å². The van der Waals surface area contributed by atoms with Gasteiger partial charge in [-0.15, -0.1) is 0 Å². The molecule has 2 aromatic rings. The lowest BCUT2D eigenvalue weighted by Crippen LogP contribution is -2.23. The predicted octanol–water partition coefficient (Wildman–Crippen LogP) is 0.299. The number of rotatable bonds is 3. The Bertz CT molecular complexity index is 673. The first kappa shape index (κ1) is 14.3. The van der Waals surface area contributed by atoms with Crippen molar-refractivity contribution in [1.82, 2.24) is 29.1 Å². The van der Waals surface area contributed by atoms with Crippen molar-refractivity contribution >= 4 is 0 Å². The summed E-state index contributed by atoms with van der Waals surface area (Å²) < 4.78 is 4.68. The summed E-state index contributed by atoms with van der Waals surface area (Å²) in [7, 11) is 0. The van der Waals surface area contributed by atoms with Gasteiger partial charge in [0.25, 0.3) is 0 Å². The molecule has 1 aliphatic carbocycles. The summed E-state index contributed by atoms with van der Waals surface area (Å²) in [6.07, 6.45) is 3.65. The van der Waals surface area contributed by atoms with Gasteiger partial charge in [-0.2, -0.15) is 10.2 Å². The van der Waals surface area contributed by atoms with Crippen LogP contribution in [0.1, 0.15) is 38.6 Å². The first-order valence-corrected chi connectivity index (χ1v) is 6.84. The van der Waals surface area contributed by atoms with E-state index in [2.05, 4.69) is 15.2 Å². The minimum atomic E-state index is -0.146. The molecule has 0 spiro atoms. The van der Waals surface area contributed by atoms with Gasteiger partial charge in [-0.3, -0.25) is 9.55 Å². The third kappa shape index (κ3) is 2.89. The monoisotopic (exact) mass is 280 g/mol. The number of H-pyrrole nitrogens is 1. The fourth-order valence-electron chi connectivity index (χ4n) is 1.99. The van der Waals surface area contributed by atoms with Gasteiger partial charge in [0.05, 0.1) is 0 Å². The number of aromatic amines is 1. The van der Waals surface area contributed by atoms with E-state index in [1.165, 1.54) is 15.7 Å². The normalized spacial score (nSPS) is 13.9. The van der Waals surface area contributed by atoms with Gasteiger partial charge in [-0.1, -0.05) is 0 Å². The molecule has 2 aromatic heterocycles. The smallest absolute Gasteiger partial charge is 0.295 e. The minimum absolute atomic E-state index is 0.0532. The highest BCUT2D eigenvalue weighted by molar-refractivity contribution is 4.93. The van der Waals surface area contributed by atoms with Crippen LogP contribution in [-0.2, 0) is 13.1 Å². The standard InChI is InChI=1S/C8H13N3O.C4H7N3O/c1-3-10-8(12)11(6(2)9-10)7-4-5-7;1-2-7-4(8)5-3-6-7/h7H,3-5H2,1-2H3;3H,2H2,1H3,(H,5,6,8). The maximum atomic E-state index is 11.6. The van der Waals surface area contributed by atoms with Crippen molar-refractivity contribution in [2.24, 2.45) is 0 Å². The van der Waals surface area contributed by atoms with Crippen LogP contribution in [0.4, 0.5) is 0 Å². The fourth-order valence-corrected chi connectivity index (χ4v) is 1.99. The molecule has 1 saturated carbocycles. The molecular formula is C12H20N6O2. The van der Waals surface area contributed by atoms with Crippen LogP contribution in [0.25, 0.3) is 0 Å². The van der Waals surface area contributed by atoms with Crippen LogP contribution in [0.2, 0.25) is 0 Å². The summed E-state index contributed by atoms with van der Waals surface area (Å²) >= 11 is 0. The van der Waals surface area contributed by atoms with Gasteiger partial charge in [0.15, 0.2) is 0 Å². The van der Waals surface area contributed by atoms with Gasteiger partial charge in [0, 0.05) is 19.1 Å². The van der Waals surface area contributed by atoms with Gasteiger partial charge in [0.1, 0.15) is 12.2 Å². The Morgan fingerprint density at radius 1 is 1.25 bits per heavy atom. The molecule has 0 radical (unpaired) electrons. The van der Waals surface area contributed by atoms with Crippen LogP contribution in [0, 0.1) is 6.92 Å². The predicted molar refractivity (Wildman–Crippen MR) is 73.7 cm³/mol. The van der Waals surface area contributed by atoms with Crippen molar-refractivity contribution in [1.29, 1.82) is 0 Å². The third-order valence-corrected chi connectivity index (χ3v) is 3.17. The van der Waals surface area contributed by atoms with Crippen molar-refractivity contribution in [3.63, 3.8) is 0 Å². The number of nitrogens with one attached hydrogen (secondary N) is 1. The molecule has 0 bridgehead atoms. The largest absolute Gasteiger partial charge is 0.346 e. The zero-order valence-electron chi connectivity index (χ0n) is 12.0. The third-order valence-electron chi connectivity index (χ3n) is 3.17. The molecule has 0 saturated heterocycles. The number of hydrogen-bond donors (Lipinski definition) is 1. The second kappa shape index (κ2) is 5.89. The van der Waals surface area contributed by atoms with E-state index in [0.717, 1.165) is 18.7 Å². The molecule has 8 nitrogen and oxygen atoms in total. The average Bonchev–Trinajstić information content (AvgIpc) is 3.11. The highest BCUT2D eigenvalue weighted by Crippen LogP contribution is 2.33. The zero-order chi connectivity index (χ0) is 14.7. The number of aromatic nitrogens is 6.